The minimum atomic E-state index is 0.777. The summed E-state index contributed by atoms with van der Waals surface area (Å²) in [5.41, 5.74) is 8.15. The van der Waals surface area contributed by atoms with Gasteiger partial charge in [0.2, 0.25) is 0 Å². The summed E-state index contributed by atoms with van der Waals surface area (Å²) in [7, 11) is 0. The Bertz CT molecular complexity index is 531. The first-order chi connectivity index (χ1) is 6.33. The molecule has 1 aromatic heterocycles. The van der Waals surface area contributed by atoms with Crippen LogP contribution in [0.3, 0.4) is 0 Å². The number of aromatic amines is 1. The molecule has 3 N–H and O–H groups in total. The first-order valence-corrected chi connectivity index (χ1v) is 3.96. The highest BCUT2D eigenvalue weighted by atomic mass is 16.6. The van der Waals surface area contributed by atoms with Gasteiger partial charge in [0.1, 0.15) is 11.0 Å². The number of fused-ring (bicyclic) bond motifs is 2. The fourth-order valence-electron chi connectivity index (χ4n) is 1.55. The van der Waals surface area contributed by atoms with E-state index in [-0.39, 0.29) is 0 Å². The number of H-pyrrole nitrogens is 1. The molecular weight excluding hydrogens is 166 g/mol. The lowest BCUT2D eigenvalue weighted by atomic mass is 10.2. The molecule has 4 heteroatoms. The summed E-state index contributed by atoms with van der Waals surface area (Å²) in [6.45, 7) is 0. The highest BCUT2D eigenvalue weighted by Crippen LogP contribution is 2.24. The summed E-state index contributed by atoms with van der Waals surface area (Å²) in [5, 5.41) is 8.69. The molecule has 0 radical (unpaired) electrons. The molecule has 0 saturated carbocycles. The Morgan fingerprint density at radius 2 is 1.92 bits per heavy atom. The van der Waals surface area contributed by atoms with Crippen LogP contribution in [0.1, 0.15) is 0 Å². The summed E-state index contributed by atoms with van der Waals surface area (Å²) >= 11 is 0. The van der Waals surface area contributed by atoms with E-state index in [0.717, 1.165) is 27.5 Å². The van der Waals surface area contributed by atoms with Crippen LogP contribution in [0, 0.1) is 0 Å². The predicted molar refractivity (Wildman–Crippen MR) is 50.3 cm³/mol. The molecule has 13 heavy (non-hydrogen) atoms. The van der Waals surface area contributed by atoms with Crippen LogP contribution in [0.25, 0.3) is 21.8 Å². The molecular formula is C9H7N3O. The minimum absolute atomic E-state index is 0.777. The zero-order valence-electron chi connectivity index (χ0n) is 6.74. The van der Waals surface area contributed by atoms with E-state index in [9.17, 15) is 0 Å². The molecule has 2 aromatic carbocycles. The maximum atomic E-state index is 5.67. The number of rotatable bonds is 0. The van der Waals surface area contributed by atoms with E-state index >= 15 is 0 Å². The second-order valence-corrected chi connectivity index (χ2v) is 3.07. The molecule has 0 aliphatic carbocycles. The number of benzene rings is 1. The third-order valence-electron chi connectivity index (χ3n) is 2.15. The van der Waals surface area contributed by atoms with E-state index < -0.39 is 0 Å². The highest BCUT2D eigenvalue weighted by molar-refractivity contribution is 5.98. The minimum Gasteiger partial charge on any atom is -0.399 e. The van der Waals surface area contributed by atoms with Gasteiger partial charge in [-0.1, -0.05) is 5.16 Å². The van der Waals surface area contributed by atoms with Crippen LogP contribution in [-0.4, -0.2) is 10.3 Å². The normalized spacial score (nSPS) is 11.4. The smallest absolute Gasteiger partial charge is 0.133 e. The molecule has 0 bridgehead atoms. The Labute approximate surface area is 73.3 Å². The van der Waals surface area contributed by atoms with Crippen LogP contribution in [0.15, 0.2) is 28.9 Å². The summed E-state index contributed by atoms with van der Waals surface area (Å²) in [5.74, 6) is 0. The van der Waals surface area contributed by atoms with Crippen molar-refractivity contribution in [3.8, 4) is 0 Å². The fourth-order valence-corrected chi connectivity index (χ4v) is 1.55. The van der Waals surface area contributed by atoms with Crippen molar-refractivity contribution in [2.24, 2.45) is 0 Å². The van der Waals surface area contributed by atoms with Crippen molar-refractivity contribution in [2.45, 2.75) is 0 Å². The fraction of sp³-hybridized carbons (Fsp3) is 0. The SMILES string of the molecule is Nc1cc2cc3no[nH]c3cc2c1. The maximum Gasteiger partial charge on any atom is 0.133 e. The average molecular weight is 173 g/mol. The molecule has 4 nitrogen and oxygen atoms in total. The highest BCUT2D eigenvalue weighted by Gasteiger charge is 2.02. The van der Waals surface area contributed by atoms with E-state index in [0.29, 0.717) is 0 Å². The summed E-state index contributed by atoms with van der Waals surface area (Å²) in [6.07, 6.45) is 0. The van der Waals surface area contributed by atoms with Gasteiger partial charge in [-0.2, -0.15) is 5.16 Å². The van der Waals surface area contributed by atoms with Gasteiger partial charge in [0.15, 0.2) is 0 Å². The molecule has 1 heterocycles. The van der Waals surface area contributed by atoms with Crippen LogP contribution in [0.4, 0.5) is 5.69 Å². The van der Waals surface area contributed by atoms with E-state index in [1.165, 1.54) is 0 Å². The van der Waals surface area contributed by atoms with Crippen molar-refractivity contribution >= 4 is 27.5 Å². The number of nitrogens with two attached hydrogens (primary N) is 1. The molecule has 0 saturated heterocycles. The standard InChI is InChI=1S/C9H7N3O/c10-7-1-5-3-8-9(12-13-11-8)4-6(5)2-7/h1-4,11H,10H2. The van der Waals surface area contributed by atoms with Gasteiger partial charge in [0, 0.05) is 5.69 Å². The van der Waals surface area contributed by atoms with Gasteiger partial charge >= 0.3 is 0 Å². The molecule has 0 spiro atoms. The molecule has 0 aliphatic heterocycles. The van der Waals surface area contributed by atoms with E-state index in [1.54, 1.807) is 0 Å². The molecule has 3 rings (SSSR count). The molecule has 64 valence electrons. The van der Waals surface area contributed by atoms with Gasteiger partial charge in [-0.3, -0.25) is 4.63 Å². The molecule has 3 aromatic rings. The third kappa shape index (κ3) is 0.823. The first kappa shape index (κ1) is 6.54. The van der Waals surface area contributed by atoms with E-state index in [4.69, 9.17) is 10.4 Å². The van der Waals surface area contributed by atoms with Crippen molar-refractivity contribution in [1.82, 2.24) is 10.3 Å². The van der Waals surface area contributed by atoms with Crippen LogP contribution >= 0.6 is 0 Å². The van der Waals surface area contributed by atoms with Crippen molar-refractivity contribution < 1.29 is 4.63 Å². The Balaban J connectivity index is 2.54. The lowest BCUT2D eigenvalue weighted by Gasteiger charge is -1.87. The number of aromatic nitrogens is 2. The lowest BCUT2D eigenvalue weighted by molar-refractivity contribution is 0.315. The Hall–Kier alpha value is -1.97. The van der Waals surface area contributed by atoms with E-state index in [2.05, 4.69) is 10.3 Å². The van der Waals surface area contributed by atoms with Crippen molar-refractivity contribution in [2.75, 3.05) is 5.73 Å². The van der Waals surface area contributed by atoms with Gasteiger partial charge in [-0.05, 0) is 35.0 Å². The number of nitrogens with zero attached hydrogens (tertiary/aromatic N) is 1. The zero-order chi connectivity index (χ0) is 8.84. The van der Waals surface area contributed by atoms with Crippen molar-refractivity contribution in [3.63, 3.8) is 0 Å². The van der Waals surface area contributed by atoms with Crippen LogP contribution in [0.5, 0.6) is 0 Å². The summed E-state index contributed by atoms with van der Waals surface area (Å²) in [6, 6.07) is 7.76. The number of anilines is 1. The largest absolute Gasteiger partial charge is 0.399 e. The second-order valence-electron chi connectivity index (χ2n) is 3.07. The predicted octanol–water partition coefficient (Wildman–Crippen LogP) is 1.89. The van der Waals surface area contributed by atoms with Gasteiger partial charge in [-0.15, -0.1) is 0 Å². The van der Waals surface area contributed by atoms with Crippen molar-refractivity contribution in [1.29, 1.82) is 0 Å². The number of hydrogen-bond donors (Lipinski definition) is 2. The molecule has 0 fully saturated rings. The molecule has 0 amide bonds. The Morgan fingerprint density at radius 1 is 1.15 bits per heavy atom. The quantitative estimate of drug-likeness (QED) is 0.545. The molecule has 0 unspecified atom stereocenters. The maximum absolute atomic E-state index is 5.67. The first-order valence-electron chi connectivity index (χ1n) is 3.96. The number of nitrogen functional groups attached to an aromatic ring is 1. The average Bonchev–Trinajstić information content (AvgIpc) is 2.63. The summed E-state index contributed by atoms with van der Waals surface area (Å²) in [4.78, 5) is 0. The van der Waals surface area contributed by atoms with Crippen LogP contribution < -0.4 is 5.73 Å². The molecule has 0 aliphatic rings. The Kier molecular flexibility index (Phi) is 1.02. The van der Waals surface area contributed by atoms with Gasteiger partial charge in [0.25, 0.3) is 0 Å². The van der Waals surface area contributed by atoms with Gasteiger partial charge in [0.05, 0.1) is 0 Å². The monoisotopic (exact) mass is 173 g/mol. The second kappa shape index (κ2) is 2.04. The zero-order valence-corrected chi connectivity index (χ0v) is 6.74. The van der Waals surface area contributed by atoms with Gasteiger partial charge in [-0.25, -0.2) is 0 Å². The van der Waals surface area contributed by atoms with Crippen LogP contribution in [0.2, 0.25) is 0 Å². The lowest BCUT2D eigenvalue weighted by Crippen LogP contribution is -1.75. The third-order valence-corrected chi connectivity index (χ3v) is 2.15. The van der Waals surface area contributed by atoms with E-state index in [1.807, 2.05) is 24.3 Å². The van der Waals surface area contributed by atoms with Crippen molar-refractivity contribution in [3.05, 3.63) is 24.3 Å². The number of nitrogens with one attached hydrogen (secondary N) is 1. The molecule has 0 atom stereocenters. The number of hydrogen-bond acceptors (Lipinski definition) is 3. The topological polar surface area (TPSA) is 67.8 Å². The summed E-state index contributed by atoms with van der Waals surface area (Å²) < 4.78 is 4.73. The Morgan fingerprint density at radius 3 is 2.77 bits per heavy atom. The van der Waals surface area contributed by atoms with Gasteiger partial charge < -0.3 is 5.73 Å². The van der Waals surface area contributed by atoms with Crippen LogP contribution in [-0.2, 0) is 0 Å².